The quantitative estimate of drug-likeness (QED) is 0.908. The predicted octanol–water partition coefficient (Wildman–Crippen LogP) is 3.03. The second-order valence-corrected chi connectivity index (χ2v) is 7.62. The molecule has 1 aliphatic carbocycles. The maximum atomic E-state index is 5.84. The van der Waals surface area contributed by atoms with Gasteiger partial charge in [-0.15, -0.1) is 0 Å². The fourth-order valence-corrected chi connectivity index (χ4v) is 3.67. The van der Waals surface area contributed by atoms with E-state index in [1.165, 1.54) is 6.42 Å². The summed E-state index contributed by atoms with van der Waals surface area (Å²) in [5.74, 6) is 2.50. The molecule has 3 atom stereocenters. The Hall–Kier alpha value is -0.940. The van der Waals surface area contributed by atoms with Gasteiger partial charge in [-0.3, -0.25) is 0 Å². The van der Waals surface area contributed by atoms with Crippen LogP contribution in [0, 0.1) is 5.41 Å². The highest BCUT2D eigenvalue weighted by atomic mass is 16.5. The molecule has 1 aromatic rings. The largest absolute Gasteiger partial charge is 0.378 e. The summed E-state index contributed by atoms with van der Waals surface area (Å²) in [6.07, 6.45) is 3.81. The summed E-state index contributed by atoms with van der Waals surface area (Å²) in [4.78, 5) is 4.80. The van der Waals surface area contributed by atoms with Crippen molar-refractivity contribution < 1.29 is 4.74 Å². The van der Waals surface area contributed by atoms with Crippen molar-refractivity contribution in [3.05, 3.63) is 11.6 Å². The predicted molar refractivity (Wildman–Crippen MR) is 86.8 cm³/mol. The molecule has 1 N–H and O–H groups in total. The van der Waals surface area contributed by atoms with Crippen LogP contribution >= 0.6 is 0 Å². The Morgan fingerprint density at radius 3 is 2.82 bits per heavy atom. The molecule has 0 amide bonds. The van der Waals surface area contributed by atoms with E-state index in [0.717, 1.165) is 37.6 Å². The summed E-state index contributed by atoms with van der Waals surface area (Å²) in [5, 5.41) is 8.51. The van der Waals surface area contributed by atoms with E-state index in [9.17, 15) is 0 Å². The SMILES string of the molecule is CCO[C@@H]1C[C@H](N[C@H]2CCCn3nc(C(C)C)nc32)C1(C)C. The lowest BCUT2D eigenvalue weighted by atomic mass is 9.64. The van der Waals surface area contributed by atoms with Crippen molar-refractivity contribution in [2.75, 3.05) is 6.61 Å². The second kappa shape index (κ2) is 5.93. The molecule has 5 nitrogen and oxygen atoms in total. The van der Waals surface area contributed by atoms with E-state index >= 15 is 0 Å². The van der Waals surface area contributed by atoms with Gasteiger partial charge < -0.3 is 10.1 Å². The monoisotopic (exact) mass is 306 g/mol. The van der Waals surface area contributed by atoms with Crippen LogP contribution in [0.5, 0.6) is 0 Å². The molecule has 2 aliphatic rings. The standard InChI is InChI=1S/C17H30N4O/c1-6-22-14-10-13(17(14,4)5)18-12-8-7-9-21-16(12)19-15(20-21)11(2)3/h11-14,18H,6-10H2,1-5H3/t12-,13-,14+/m0/s1. The summed E-state index contributed by atoms with van der Waals surface area (Å²) < 4.78 is 7.96. The normalized spacial score (nSPS) is 30.2. The third-order valence-electron chi connectivity index (χ3n) is 5.36. The van der Waals surface area contributed by atoms with Crippen LogP contribution in [0.2, 0.25) is 0 Å². The molecule has 124 valence electrons. The topological polar surface area (TPSA) is 52.0 Å². The Labute approximate surface area is 133 Å². The first-order valence-corrected chi connectivity index (χ1v) is 8.75. The van der Waals surface area contributed by atoms with Gasteiger partial charge in [0.05, 0.1) is 12.1 Å². The number of hydrogen-bond donors (Lipinski definition) is 1. The molecule has 1 aliphatic heterocycles. The average Bonchev–Trinajstić information content (AvgIpc) is 2.91. The van der Waals surface area contributed by atoms with Crippen molar-refractivity contribution in [2.45, 2.75) is 84.5 Å². The minimum absolute atomic E-state index is 0.194. The molecule has 22 heavy (non-hydrogen) atoms. The molecule has 0 unspecified atom stereocenters. The molecule has 1 saturated carbocycles. The Kier molecular flexibility index (Phi) is 4.29. The number of nitrogens with one attached hydrogen (secondary N) is 1. The van der Waals surface area contributed by atoms with Crippen molar-refractivity contribution in [2.24, 2.45) is 5.41 Å². The van der Waals surface area contributed by atoms with Gasteiger partial charge in [0.15, 0.2) is 5.82 Å². The van der Waals surface area contributed by atoms with Crippen LogP contribution in [0.3, 0.4) is 0 Å². The summed E-state index contributed by atoms with van der Waals surface area (Å²) in [6, 6.07) is 0.834. The molecule has 0 radical (unpaired) electrons. The molecular weight excluding hydrogens is 276 g/mol. The van der Waals surface area contributed by atoms with E-state index in [1.54, 1.807) is 0 Å². The van der Waals surface area contributed by atoms with Crippen molar-refractivity contribution >= 4 is 0 Å². The van der Waals surface area contributed by atoms with Crippen LogP contribution in [-0.2, 0) is 11.3 Å². The summed E-state index contributed by atoms with van der Waals surface area (Å²) in [7, 11) is 0. The maximum Gasteiger partial charge on any atom is 0.153 e. The molecular formula is C17H30N4O. The highest BCUT2D eigenvalue weighted by molar-refractivity contribution is 5.09. The van der Waals surface area contributed by atoms with Crippen LogP contribution in [0.15, 0.2) is 0 Å². The van der Waals surface area contributed by atoms with Gasteiger partial charge in [0.2, 0.25) is 0 Å². The first-order valence-electron chi connectivity index (χ1n) is 8.75. The first kappa shape index (κ1) is 15.9. The van der Waals surface area contributed by atoms with Gasteiger partial charge in [-0.2, -0.15) is 5.10 Å². The molecule has 3 rings (SSSR count). The number of rotatable bonds is 5. The van der Waals surface area contributed by atoms with E-state index < -0.39 is 0 Å². The Bertz CT molecular complexity index is 523. The molecule has 0 saturated heterocycles. The highest BCUT2D eigenvalue weighted by Crippen LogP contribution is 2.44. The summed E-state index contributed by atoms with van der Waals surface area (Å²) >= 11 is 0. The number of aromatic nitrogens is 3. The van der Waals surface area contributed by atoms with Crippen molar-refractivity contribution in [1.82, 2.24) is 20.1 Å². The molecule has 0 spiro atoms. The number of ether oxygens (including phenoxy) is 1. The van der Waals surface area contributed by atoms with Crippen molar-refractivity contribution in [1.29, 1.82) is 0 Å². The zero-order valence-corrected chi connectivity index (χ0v) is 14.6. The van der Waals surface area contributed by atoms with Crippen molar-refractivity contribution in [3.8, 4) is 0 Å². The van der Waals surface area contributed by atoms with E-state index in [4.69, 9.17) is 9.72 Å². The summed E-state index contributed by atoms with van der Waals surface area (Å²) in [5.41, 5.74) is 0.194. The van der Waals surface area contributed by atoms with Crippen LogP contribution in [0.1, 0.15) is 77.5 Å². The maximum absolute atomic E-state index is 5.84. The van der Waals surface area contributed by atoms with Gasteiger partial charge in [-0.05, 0) is 26.2 Å². The van der Waals surface area contributed by atoms with Crippen LogP contribution in [0.4, 0.5) is 0 Å². The Balaban J connectivity index is 1.70. The fourth-order valence-electron chi connectivity index (χ4n) is 3.67. The Morgan fingerprint density at radius 1 is 1.41 bits per heavy atom. The first-order chi connectivity index (χ1) is 10.4. The number of nitrogens with zero attached hydrogens (tertiary/aromatic N) is 3. The third-order valence-corrected chi connectivity index (χ3v) is 5.36. The zero-order chi connectivity index (χ0) is 15.9. The smallest absolute Gasteiger partial charge is 0.153 e. The van der Waals surface area contributed by atoms with E-state index in [2.05, 4.69) is 49.7 Å². The van der Waals surface area contributed by atoms with Gasteiger partial charge >= 0.3 is 0 Å². The van der Waals surface area contributed by atoms with Crippen LogP contribution < -0.4 is 5.32 Å². The van der Waals surface area contributed by atoms with Crippen LogP contribution in [0.25, 0.3) is 0 Å². The highest BCUT2D eigenvalue weighted by Gasteiger charge is 2.49. The average molecular weight is 306 g/mol. The summed E-state index contributed by atoms with van der Waals surface area (Å²) in [6.45, 7) is 12.8. The van der Waals surface area contributed by atoms with Crippen molar-refractivity contribution in [3.63, 3.8) is 0 Å². The van der Waals surface area contributed by atoms with Gasteiger partial charge in [-0.1, -0.05) is 27.7 Å². The van der Waals surface area contributed by atoms with Gasteiger partial charge in [0.1, 0.15) is 5.82 Å². The molecule has 0 bridgehead atoms. The van der Waals surface area contributed by atoms with Crippen LogP contribution in [-0.4, -0.2) is 33.5 Å². The lowest BCUT2D eigenvalue weighted by Crippen LogP contribution is -2.61. The number of fused-ring (bicyclic) bond motifs is 1. The van der Waals surface area contributed by atoms with Gasteiger partial charge in [-0.25, -0.2) is 9.67 Å². The molecule has 1 aromatic heterocycles. The second-order valence-electron chi connectivity index (χ2n) is 7.62. The molecule has 2 heterocycles. The molecule has 0 aromatic carbocycles. The number of hydrogen-bond acceptors (Lipinski definition) is 4. The molecule has 5 heteroatoms. The minimum atomic E-state index is 0.194. The lowest BCUT2D eigenvalue weighted by Gasteiger charge is -2.53. The van der Waals surface area contributed by atoms with Gasteiger partial charge in [0, 0.05) is 30.5 Å². The zero-order valence-electron chi connectivity index (χ0n) is 14.6. The third kappa shape index (κ3) is 2.69. The number of aryl methyl sites for hydroxylation is 1. The minimum Gasteiger partial charge on any atom is -0.378 e. The van der Waals surface area contributed by atoms with E-state index in [-0.39, 0.29) is 5.41 Å². The van der Waals surface area contributed by atoms with E-state index in [1.807, 2.05) is 0 Å². The Morgan fingerprint density at radius 2 is 2.18 bits per heavy atom. The lowest BCUT2D eigenvalue weighted by molar-refractivity contribution is -0.117. The fraction of sp³-hybridized carbons (Fsp3) is 0.882. The molecule has 1 fully saturated rings. The van der Waals surface area contributed by atoms with E-state index in [0.29, 0.717) is 24.1 Å². The van der Waals surface area contributed by atoms with Gasteiger partial charge in [0.25, 0.3) is 0 Å².